The molecule has 0 bridgehead atoms. The molecular weight excluding hydrogens is 232 g/mol. The minimum atomic E-state index is 0.242. The molecule has 0 unspecified atom stereocenters. The lowest BCUT2D eigenvalue weighted by atomic mass is 9.73. The van der Waals surface area contributed by atoms with E-state index in [2.05, 4.69) is 45.0 Å². The van der Waals surface area contributed by atoms with E-state index in [9.17, 15) is 0 Å². The summed E-state index contributed by atoms with van der Waals surface area (Å²) in [5.41, 5.74) is 0.764. The average molecular weight is 268 g/mol. The van der Waals surface area contributed by atoms with Crippen LogP contribution in [0.15, 0.2) is 0 Å². The Hall–Kier alpha value is -0.0800. The van der Waals surface area contributed by atoms with Crippen molar-refractivity contribution in [1.29, 1.82) is 0 Å². The number of nitrogens with one attached hydrogen (secondary N) is 1. The largest absolute Gasteiger partial charge is 0.311 e. The predicted molar refractivity (Wildman–Crippen MR) is 85.7 cm³/mol. The molecule has 2 nitrogen and oxygen atoms in total. The van der Waals surface area contributed by atoms with Crippen molar-refractivity contribution in [2.24, 2.45) is 5.41 Å². The Kier molecular flexibility index (Phi) is 6.82. The van der Waals surface area contributed by atoms with Gasteiger partial charge in [-0.05, 0) is 59.0 Å². The van der Waals surface area contributed by atoms with E-state index in [1.807, 2.05) is 0 Å². The summed E-state index contributed by atoms with van der Waals surface area (Å²) in [6, 6.07) is 0. The van der Waals surface area contributed by atoms with E-state index in [1.54, 1.807) is 0 Å². The van der Waals surface area contributed by atoms with Gasteiger partial charge in [-0.25, -0.2) is 0 Å². The van der Waals surface area contributed by atoms with Crippen molar-refractivity contribution in [3.8, 4) is 0 Å². The first-order valence-electron chi connectivity index (χ1n) is 8.30. The molecule has 0 aliphatic heterocycles. The molecule has 0 radical (unpaired) electrons. The third-order valence-electron chi connectivity index (χ3n) is 4.41. The van der Waals surface area contributed by atoms with Crippen LogP contribution in [0, 0.1) is 5.41 Å². The maximum Gasteiger partial charge on any atom is 0.00967 e. The normalized spacial score (nSPS) is 19.9. The molecule has 114 valence electrons. The number of unbranched alkanes of at least 4 members (excludes halogenated alkanes) is 1. The van der Waals surface area contributed by atoms with Gasteiger partial charge in [0.2, 0.25) is 0 Å². The summed E-state index contributed by atoms with van der Waals surface area (Å²) in [7, 11) is 2.31. The molecule has 1 aliphatic rings. The Bertz CT molecular complexity index is 236. The maximum atomic E-state index is 3.77. The first-order chi connectivity index (χ1) is 8.87. The number of hydrogen-bond donors (Lipinski definition) is 1. The molecule has 0 aromatic carbocycles. The van der Waals surface area contributed by atoms with Crippen LogP contribution < -0.4 is 5.32 Å². The fourth-order valence-electron chi connectivity index (χ4n) is 3.22. The maximum absolute atomic E-state index is 3.77. The first kappa shape index (κ1) is 17.0. The van der Waals surface area contributed by atoms with Crippen molar-refractivity contribution in [3.63, 3.8) is 0 Å². The number of nitrogens with zero attached hydrogens (tertiary/aromatic N) is 1. The molecule has 0 aromatic rings. The van der Waals surface area contributed by atoms with Gasteiger partial charge < -0.3 is 10.2 Å². The summed E-state index contributed by atoms with van der Waals surface area (Å²) in [6.45, 7) is 12.8. The van der Waals surface area contributed by atoms with Crippen LogP contribution in [-0.4, -0.2) is 37.1 Å². The molecule has 0 heterocycles. The minimum Gasteiger partial charge on any atom is -0.311 e. The van der Waals surface area contributed by atoms with Gasteiger partial charge in [0.1, 0.15) is 0 Å². The van der Waals surface area contributed by atoms with E-state index >= 15 is 0 Å². The van der Waals surface area contributed by atoms with E-state index in [-0.39, 0.29) is 5.54 Å². The summed E-state index contributed by atoms with van der Waals surface area (Å²) in [4.78, 5) is 2.57. The second-order valence-electron chi connectivity index (χ2n) is 7.76. The summed E-state index contributed by atoms with van der Waals surface area (Å²) >= 11 is 0. The van der Waals surface area contributed by atoms with Gasteiger partial charge in [0.05, 0.1) is 0 Å². The topological polar surface area (TPSA) is 15.3 Å². The highest BCUT2D eigenvalue weighted by Crippen LogP contribution is 2.36. The highest BCUT2D eigenvalue weighted by Gasteiger charge is 2.33. The van der Waals surface area contributed by atoms with Crippen molar-refractivity contribution in [1.82, 2.24) is 10.2 Å². The monoisotopic (exact) mass is 268 g/mol. The summed E-state index contributed by atoms with van der Waals surface area (Å²) in [5, 5.41) is 3.77. The zero-order valence-electron chi connectivity index (χ0n) is 14.0. The highest BCUT2D eigenvalue weighted by atomic mass is 15.1. The van der Waals surface area contributed by atoms with Crippen molar-refractivity contribution in [3.05, 3.63) is 0 Å². The van der Waals surface area contributed by atoms with Crippen LogP contribution in [0.1, 0.15) is 72.6 Å². The summed E-state index contributed by atoms with van der Waals surface area (Å²) in [6.07, 6.45) is 9.74. The Morgan fingerprint density at radius 3 is 2.26 bits per heavy atom. The molecule has 1 rings (SSSR count). The van der Waals surface area contributed by atoms with Crippen LogP contribution in [0.4, 0.5) is 0 Å². The van der Waals surface area contributed by atoms with E-state index in [0.29, 0.717) is 5.41 Å². The van der Waals surface area contributed by atoms with Gasteiger partial charge in [-0.3, -0.25) is 0 Å². The van der Waals surface area contributed by atoms with Gasteiger partial charge in [0, 0.05) is 18.6 Å². The smallest absolute Gasteiger partial charge is 0.00967 e. The first-order valence-corrected chi connectivity index (χ1v) is 8.30. The third kappa shape index (κ3) is 6.76. The molecule has 0 atom stereocenters. The lowest BCUT2D eigenvalue weighted by molar-refractivity contribution is 0.108. The van der Waals surface area contributed by atoms with Crippen molar-refractivity contribution >= 4 is 0 Å². The average Bonchev–Trinajstić information content (AvgIpc) is 2.34. The van der Waals surface area contributed by atoms with Crippen molar-refractivity contribution < 1.29 is 0 Å². The quantitative estimate of drug-likeness (QED) is 0.749. The second-order valence-corrected chi connectivity index (χ2v) is 7.76. The molecular formula is C17H36N2. The van der Waals surface area contributed by atoms with E-state index in [1.165, 1.54) is 64.6 Å². The molecule has 0 saturated heterocycles. The van der Waals surface area contributed by atoms with Crippen LogP contribution in [0.3, 0.4) is 0 Å². The fraction of sp³-hybridized carbons (Fsp3) is 1.00. The zero-order chi connectivity index (χ0) is 14.4. The Labute approximate surface area is 121 Å². The Morgan fingerprint density at radius 1 is 1.11 bits per heavy atom. The Morgan fingerprint density at radius 2 is 1.74 bits per heavy atom. The van der Waals surface area contributed by atoms with Crippen molar-refractivity contribution in [2.45, 2.75) is 78.2 Å². The molecule has 1 fully saturated rings. The van der Waals surface area contributed by atoms with E-state index in [4.69, 9.17) is 0 Å². The lowest BCUT2D eigenvalue weighted by Gasteiger charge is -2.42. The molecule has 1 saturated carbocycles. The second kappa shape index (κ2) is 7.64. The van der Waals surface area contributed by atoms with Crippen LogP contribution >= 0.6 is 0 Å². The van der Waals surface area contributed by atoms with Gasteiger partial charge >= 0.3 is 0 Å². The van der Waals surface area contributed by atoms with Crippen LogP contribution in [0.5, 0.6) is 0 Å². The van der Waals surface area contributed by atoms with Gasteiger partial charge in [-0.1, -0.05) is 32.6 Å². The fourth-order valence-corrected chi connectivity index (χ4v) is 3.22. The molecule has 0 amide bonds. The number of hydrogen-bond acceptors (Lipinski definition) is 2. The molecule has 19 heavy (non-hydrogen) atoms. The summed E-state index contributed by atoms with van der Waals surface area (Å²) in [5.74, 6) is 0. The minimum absolute atomic E-state index is 0.242. The van der Waals surface area contributed by atoms with Crippen molar-refractivity contribution in [2.75, 3.05) is 26.7 Å². The Balaban J connectivity index is 2.54. The summed E-state index contributed by atoms with van der Waals surface area (Å²) < 4.78 is 0. The zero-order valence-corrected chi connectivity index (χ0v) is 14.0. The highest BCUT2D eigenvalue weighted by molar-refractivity contribution is 4.89. The third-order valence-corrected chi connectivity index (χ3v) is 4.41. The van der Waals surface area contributed by atoms with E-state index < -0.39 is 0 Å². The lowest BCUT2D eigenvalue weighted by Crippen LogP contribution is -2.49. The van der Waals surface area contributed by atoms with Crippen LogP contribution in [0.25, 0.3) is 0 Å². The molecule has 1 N–H and O–H groups in total. The molecule has 1 aliphatic carbocycles. The standard InChI is InChI=1S/C17H36N2/c1-6-7-13-19(5)15-17(11-9-8-10-12-17)14-18-16(2,3)4/h18H,6-15H2,1-5H3. The predicted octanol–water partition coefficient (Wildman–Crippen LogP) is 4.06. The van der Waals surface area contributed by atoms with Gasteiger partial charge in [0.25, 0.3) is 0 Å². The van der Waals surface area contributed by atoms with E-state index in [0.717, 1.165) is 0 Å². The molecule has 2 heteroatoms. The van der Waals surface area contributed by atoms with Gasteiger partial charge in [-0.2, -0.15) is 0 Å². The van der Waals surface area contributed by atoms with Gasteiger partial charge in [0.15, 0.2) is 0 Å². The van der Waals surface area contributed by atoms with Gasteiger partial charge in [-0.15, -0.1) is 0 Å². The SMILES string of the molecule is CCCCN(C)CC1(CNC(C)(C)C)CCCCC1. The molecule has 0 aromatic heterocycles. The number of rotatable bonds is 7. The van der Waals surface area contributed by atoms with Crippen LogP contribution in [-0.2, 0) is 0 Å². The molecule has 0 spiro atoms. The van der Waals surface area contributed by atoms with Crippen LogP contribution in [0.2, 0.25) is 0 Å².